The number of aromatic nitrogens is 12. The Morgan fingerprint density at radius 3 is 0.993 bits per heavy atom. The number of methoxy groups -OCH3 is 1. The number of aliphatic hydroxyl groups is 3. The van der Waals surface area contributed by atoms with Gasteiger partial charge in [0.15, 0.2) is 0 Å². The molecule has 10 unspecified atom stereocenters. The number of carboxylic acid groups (broad SMARTS) is 1. The van der Waals surface area contributed by atoms with Crippen molar-refractivity contribution in [3.63, 3.8) is 0 Å². The summed E-state index contributed by atoms with van der Waals surface area (Å²) < 4.78 is 95.2. The Labute approximate surface area is 909 Å². The lowest BCUT2D eigenvalue weighted by molar-refractivity contribution is -0.141. The summed E-state index contributed by atoms with van der Waals surface area (Å²) in [7, 11) is 1.41. The summed E-state index contributed by atoms with van der Waals surface area (Å²) >= 11 is 16.0. The van der Waals surface area contributed by atoms with Gasteiger partial charge in [-0.05, 0) is 359 Å². The minimum absolute atomic E-state index is 0. The van der Waals surface area contributed by atoms with E-state index >= 15 is 0 Å². The summed E-state index contributed by atoms with van der Waals surface area (Å²) in [4.78, 5) is 92.1. The lowest BCUT2D eigenvalue weighted by Gasteiger charge is -2.25. The predicted molar refractivity (Wildman–Crippen MR) is 601 cm³/mol. The zero-order valence-electron chi connectivity index (χ0n) is 86.5. The molecular formula is C108H155Br5FN19O11P-. The number of carboxylic acids is 1. The highest BCUT2D eigenvalue weighted by Gasteiger charge is 2.61. The molecule has 0 bridgehead atoms. The molecule has 14 aliphatic rings. The number of rotatable bonds is 17. The summed E-state index contributed by atoms with van der Waals surface area (Å²) in [5.74, 6) is 15.5. The second-order valence-corrected chi connectivity index (χ2v) is 57.1. The van der Waals surface area contributed by atoms with E-state index < -0.39 is 42.2 Å². The van der Waals surface area contributed by atoms with Gasteiger partial charge in [0, 0.05) is 131 Å². The van der Waals surface area contributed by atoms with Crippen LogP contribution >= 0.6 is 82.4 Å². The van der Waals surface area contributed by atoms with E-state index in [2.05, 4.69) is 150 Å². The van der Waals surface area contributed by atoms with E-state index in [4.69, 9.17) is 45.7 Å². The van der Waals surface area contributed by atoms with Crippen molar-refractivity contribution >= 4 is 191 Å². The number of amides is 2. The fraction of sp³-hybridized carbons (Fsp3) is 0.583. The van der Waals surface area contributed by atoms with Crippen LogP contribution in [0.25, 0.3) is 67.2 Å². The molecule has 6 N–H and O–H groups in total. The molecule has 7 saturated carbocycles. The van der Waals surface area contributed by atoms with Gasteiger partial charge in [0.05, 0.1) is 66.1 Å². The minimum Gasteiger partial charge on any atom is -0.481 e. The van der Waals surface area contributed by atoms with Crippen LogP contribution in [0.2, 0.25) is 0 Å². The number of benzene rings is 4. The van der Waals surface area contributed by atoms with Gasteiger partial charge in [-0.2, -0.15) is 15.0 Å². The average molecular weight is 2350 g/mol. The van der Waals surface area contributed by atoms with E-state index in [1.807, 2.05) is 193 Å². The quantitative estimate of drug-likeness (QED) is 0.0123. The van der Waals surface area contributed by atoms with Crippen molar-refractivity contribution in [1.82, 2.24) is 77.9 Å². The molecule has 8 aromatic heterocycles. The Kier molecular flexibility index (Phi) is 37.6. The molecule has 14 fully saturated rings. The van der Waals surface area contributed by atoms with Crippen LogP contribution in [0.4, 0.5) is 31.4 Å². The van der Waals surface area contributed by atoms with Gasteiger partial charge >= 0.3 is 24.1 Å². The fourth-order valence-corrected chi connectivity index (χ4v) is 23.4. The van der Waals surface area contributed by atoms with Crippen molar-refractivity contribution in [3.8, 4) is 0 Å². The predicted octanol–water partition coefficient (Wildman–Crippen LogP) is 22.1. The molecule has 37 heteroatoms. The number of para-hydroxylation sites is 8. The van der Waals surface area contributed by atoms with Gasteiger partial charge in [-0.15, -0.1) is 0 Å². The lowest BCUT2D eigenvalue weighted by atomic mass is 10.2. The zero-order chi connectivity index (χ0) is 103. The number of ether oxygens (including phenoxy) is 3. The lowest BCUT2D eigenvalue weighted by Crippen LogP contribution is -2.37. The first-order valence-electron chi connectivity index (χ1n) is 51.4. The molecular weight excluding hydrogens is 2190 g/mol. The Hall–Kier alpha value is -8.16. The topological polar surface area (TPSA) is 338 Å². The van der Waals surface area contributed by atoms with Crippen LogP contribution in [0.3, 0.4) is 0 Å². The molecule has 30 nitrogen and oxygen atoms in total. The van der Waals surface area contributed by atoms with Crippen LogP contribution in [0.15, 0.2) is 151 Å². The van der Waals surface area contributed by atoms with Crippen molar-refractivity contribution < 1.29 is 69.2 Å². The molecule has 18 atom stereocenters. The number of carbonyl (C=O) groups excluding carboxylic acids is 3. The molecule has 2 amide bonds. The second kappa shape index (κ2) is 51.1. The number of anilines is 3. The molecule has 26 rings (SSSR count). The summed E-state index contributed by atoms with van der Waals surface area (Å²) in [6, 6.07) is 40.0. The van der Waals surface area contributed by atoms with Crippen LogP contribution in [-0.4, -0.2) is 253 Å². The Morgan fingerprint density at radius 1 is 0.414 bits per heavy atom. The van der Waals surface area contributed by atoms with Gasteiger partial charge in [0.1, 0.15) is 37.3 Å². The van der Waals surface area contributed by atoms with Crippen LogP contribution in [0.5, 0.6) is 0 Å². The number of nitrogens with one attached hydrogen (secondary N) is 2. The first-order valence-corrected chi connectivity index (χ1v) is 56.4. The van der Waals surface area contributed by atoms with E-state index in [0.717, 1.165) is 154 Å². The van der Waals surface area contributed by atoms with E-state index in [1.165, 1.54) is 20.2 Å². The van der Waals surface area contributed by atoms with E-state index in [0.29, 0.717) is 158 Å². The number of nitrogens with zero attached hydrogens (tertiary/aromatic N) is 17. The number of alkyl halides is 2. The smallest absolute Gasteiger partial charge is 0.410 e. The number of piperidine rings is 7. The third kappa shape index (κ3) is 27.6. The monoisotopic (exact) mass is 2350 g/mol. The number of fused-ring (bicyclic) bond motifs is 19. The van der Waals surface area contributed by atoms with Crippen molar-refractivity contribution in [3.05, 3.63) is 158 Å². The highest BCUT2D eigenvalue weighted by Crippen LogP contribution is 2.60. The molecule has 7 aliphatic heterocycles. The van der Waals surface area contributed by atoms with E-state index in [-0.39, 0.29) is 113 Å². The number of hydrogen-bond acceptors (Lipinski definition) is 23. The molecule has 0 spiro atoms. The van der Waals surface area contributed by atoms with Crippen molar-refractivity contribution in [2.24, 2.45) is 124 Å². The first-order chi connectivity index (χ1) is 68.7. The maximum absolute atomic E-state index is 13.2. The van der Waals surface area contributed by atoms with Crippen LogP contribution in [-0.2, 0) is 23.8 Å². The van der Waals surface area contributed by atoms with Gasteiger partial charge in [-0.3, -0.25) is 31.6 Å². The van der Waals surface area contributed by atoms with Crippen LogP contribution in [0, 0.1) is 132 Å². The first kappa shape index (κ1) is 107. The van der Waals surface area contributed by atoms with Crippen LogP contribution in [0.1, 0.15) is 149 Å². The maximum Gasteiger partial charge on any atom is 0.410 e. The highest BCUT2D eigenvalue weighted by atomic mass is 80.0. The third-order valence-corrected chi connectivity index (χ3v) is 30.9. The summed E-state index contributed by atoms with van der Waals surface area (Å²) in [5, 5.41) is 40.9. The molecule has 7 aliphatic carbocycles. The zero-order valence-corrected chi connectivity index (χ0v) is 87.3. The van der Waals surface area contributed by atoms with E-state index in [1.54, 1.807) is 9.80 Å². The number of aliphatic carboxylic acids is 1. The number of carbonyl (C=O) groups is 4. The van der Waals surface area contributed by atoms with Gasteiger partial charge in [0.2, 0.25) is 23.1 Å². The molecule has 15 heterocycles. The summed E-state index contributed by atoms with van der Waals surface area (Å²) in [6.45, 7) is 17.5. The SMILES string of the molecule is BrP(Br)Br.Brc1ccn2c(n1)nc1ccccc12.C.C.C.C.C.C.C.CC(C)(C)OC(=O)N1C[C@@H]2C(CC(=O)O)[C@@H]2C1.COC(=O)CC1[C@H]2CN(C(=O)OC(C)(C)C)C[C@@H]12.OCCC1[C@H]2CNC[C@@H]12.[2H]C([2H])(Br)CC1C2CN(c3ccn4c(n3)nc3ccccc34)CC21.[2H]C([2H])(O)CC1C2CN(c3ccn4c(n3)nc3ccccc34)CC21.[2H]C([2H])(O)CC1[C@H]2CNC[C@@H]12.[2H]C([2H])([18F])CC1C2CN(c3ccn4c(n3)nc3ccccc34)CC21.[CH3-]. The number of likely N-dealkylation sites (tertiary alicyclic amines) is 2. The van der Waals surface area contributed by atoms with Gasteiger partial charge in [-0.25, -0.2) is 34.5 Å². The number of imidazole rings is 4. The normalized spacial score (nSPS) is 27.9. The number of hydrogen-bond donors (Lipinski definition) is 6. The fourth-order valence-electron chi connectivity index (χ4n) is 22.8. The Morgan fingerprint density at radius 2 is 0.697 bits per heavy atom. The Bertz CT molecular complexity index is 6250. The van der Waals surface area contributed by atoms with Crippen molar-refractivity contribution in [1.29, 1.82) is 0 Å². The number of aliphatic hydroxyl groups excluding tert-OH is 1. The third-order valence-electron chi connectivity index (χ3n) is 30.1. The molecule has 0 radical (unpaired) electrons. The number of esters is 1. The minimum atomic E-state index is -2.55. The highest BCUT2D eigenvalue weighted by molar-refractivity contribution is 9.93. The average Bonchev–Trinajstić information content (AvgIpc) is 1.57. The van der Waals surface area contributed by atoms with Crippen molar-refractivity contribution in [2.45, 2.75) is 150 Å². The maximum atomic E-state index is 13.2. The molecule has 12 aromatic rings. The van der Waals surface area contributed by atoms with Gasteiger partial charge in [0.25, 0.3) is 0 Å². The molecule has 7 saturated heterocycles. The van der Waals surface area contributed by atoms with E-state index in [9.17, 15) is 28.7 Å². The summed E-state index contributed by atoms with van der Waals surface area (Å²) in [5.41, 5.74) is 7.15. The Balaban J connectivity index is 0.000000179. The van der Waals surface area contributed by atoms with Crippen LogP contribution < -0.4 is 25.3 Å². The van der Waals surface area contributed by atoms with Gasteiger partial charge in [-0.1, -0.05) is 116 Å². The summed E-state index contributed by atoms with van der Waals surface area (Å²) in [6.07, 6.45) is 10.4. The molecule has 796 valence electrons. The van der Waals surface area contributed by atoms with Gasteiger partial charge < -0.3 is 77.2 Å². The molecule has 4 aromatic carbocycles. The standard InChI is InChI=1S/C17H17BrN4.C17H17FN4.C17H18N4O.C13H21NO4.C12H19NO4.C10H6BrN3.2C7H13NO.7CH4.CH3.Br3P/c2*18-7-5-11-12-9-21(10-13(11)12)16-6-8-22-15-4-2-1-3-14(15)19-17(22)20-16;22-8-6-11-12-9-20(10-13(11)12)16-5-7-21-15-4-2-1-3-14(15)18-17(21)19-16;1-13(2,3)18-12(16)14-6-9-8(10(9)7-14)5-11(15)17-4;1-12(2,3)17-11(16)13-5-8-7(4-10(14)15)9(8)6-13;11-9-5-6-14-8-4-2-1-3-7(8)12-10(14)13-9;2*9-2-1-5-6-3-8-4-7(5)6;;;;;;;;;1-4(2)3/h2*1-4,6,8,11-13H,5,7,9-10H2;1-5,7,11-13,22H,6,8-10H2;8-10H,5-7H2,1-4H3;7-9H,4-6H2,1-3H3,(H,14,15);1-6H;2*5-9H,1-4H2;7*1H4;1H3;/q;;;;;;;;;;;;;;;-1;/t;;;8?,9-,10+;7?,8-,9+;;2*5?,6-,7+;;;;;;;;;/i7D2;7D2,18-1;8D2;;;;2D2;;;;;;;;;;. The number of halogens is 6. The molecule has 145 heavy (non-hydrogen) atoms. The second-order valence-electron chi connectivity index (χ2n) is 40.4. The largest absolute Gasteiger partial charge is 0.481 e. The van der Waals surface area contributed by atoms with Crippen molar-refractivity contribution in [2.75, 3.05) is 145 Å².